The smallest absolute Gasteiger partial charge is 0.253 e. The van der Waals surface area contributed by atoms with E-state index >= 15 is 0 Å². The molecule has 0 spiro atoms. The normalized spacial score (nSPS) is 11.8. The van der Waals surface area contributed by atoms with Crippen LogP contribution in [0, 0.1) is 5.92 Å². The number of hydrogen-bond acceptors (Lipinski definition) is 5. The molecule has 0 saturated heterocycles. The first-order chi connectivity index (χ1) is 10.1. The molecule has 118 valence electrons. The molecular formula is C15H24N2O4. The number of ether oxygens (including phenoxy) is 2. The quantitative estimate of drug-likeness (QED) is 0.631. The van der Waals surface area contributed by atoms with Crippen molar-refractivity contribution in [2.75, 3.05) is 33.1 Å². The number of benzene rings is 1. The van der Waals surface area contributed by atoms with Crippen LogP contribution in [0.1, 0.15) is 30.1 Å². The third kappa shape index (κ3) is 4.53. The second kappa shape index (κ2) is 8.36. The molecule has 0 bridgehead atoms. The maximum absolute atomic E-state index is 12.3. The zero-order valence-electron chi connectivity index (χ0n) is 12.8. The molecule has 0 aromatic heterocycles. The van der Waals surface area contributed by atoms with Crippen LogP contribution < -0.4 is 20.5 Å². The number of aliphatic hydroxyl groups excluding tert-OH is 1. The summed E-state index contributed by atoms with van der Waals surface area (Å²) in [6.07, 6.45) is 1.55. The molecule has 6 nitrogen and oxygen atoms in total. The molecule has 1 atom stereocenters. The highest BCUT2D eigenvalue weighted by Gasteiger charge is 2.17. The van der Waals surface area contributed by atoms with Crippen molar-refractivity contribution in [2.24, 2.45) is 5.92 Å². The van der Waals surface area contributed by atoms with Crippen LogP contribution in [-0.4, -0.2) is 38.4 Å². The van der Waals surface area contributed by atoms with Gasteiger partial charge in [-0.2, -0.15) is 0 Å². The van der Waals surface area contributed by atoms with Gasteiger partial charge in [0.05, 0.1) is 25.5 Å². The second-order valence-corrected chi connectivity index (χ2v) is 4.79. The molecule has 0 saturated carbocycles. The zero-order valence-corrected chi connectivity index (χ0v) is 12.8. The van der Waals surface area contributed by atoms with E-state index in [9.17, 15) is 4.79 Å². The van der Waals surface area contributed by atoms with E-state index < -0.39 is 0 Å². The number of aliphatic hydroxyl groups is 1. The molecule has 21 heavy (non-hydrogen) atoms. The number of rotatable bonds is 8. The van der Waals surface area contributed by atoms with Gasteiger partial charge in [0.15, 0.2) is 0 Å². The Bertz CT molecular complexity index is 477. The molecule has 0 fully saturated rings. The van der Waals surface area contributed by atoms with Gasteiger partial charge < -0.3 is 25.6 Å². The Labute approximate surface area is 125 Å². The van der Waals surface area contributed by atoms with Gasteiger partial charge in [-0.05, 0) is 18.4 Å². The standard InChI is InChI=1S/C15H24N2O4/c1-4-10(5-6-18)9-17-15(19)12-7-11(20-2)8-13(21-3)14(12)16/h7-8,10,18H,4-6,9,16H2,1-3H3,(H,17,19). The average molecular weight is 296 g/mol. The van der Waals surface area contributed by atoms with E-state index in [1.807, 2.05) is 6.92 Å². The summed E-state index contributed by atoms with van der Waals surface area (Å²) in [7, 11) is 3.00. The largest absolute Gasteiger partial charge is 0.497 e. The Morgan fingerprint density at radius 1 is 1.38 bits per heavy atom. The molecule has 1 amide bonds. The Balaban J connectivity index is 2.86. The van der Waals surface area contributed by atoms with Crippen LogP contribution >= 0.6 is 0 Å². The lowest BCUT2D eigenvalue weighted by atomic mass is 10.0. The van der Waals surface area contributed by atoms with E-state index in [0.717, 1.165) is 6.42 Å². The molecule has 0 aliphatic heterocycles. The van der Waals surface area contributed by atoms with Crippen molar-refractivity contribution in [3.8, 4) is 11.5 Å². The van der Waals surface area contributed by atoms with E-state index in [1.165, 1.54) is 14.2 Å². The maximum Gasteiger partial charge on any atom is 0.253 e. The number of methoxy groups -OCH3 is 2. The minimum atomic E-state index is -0.277. The van der Waals surface area contributed by atoms with Gasteiger partial charge in [0, 0.05) is 19.2 Å². The monoisotopic (exact) mass is 296 g/mol. The average Bonchev–Trinajstić information content (AvgIpc) is 2.51. The number of carbonyl (C=O) groups is 1. The topological polar surface area (TPSA) is 93.8 Å². The first-order valence-corrected chi connectivity index (χ1v) is 6.97. The minimum Gasteiger partial charge on any atom is -0.497 e. The summed E-state index contributed by atoms with van der Waals surface area (Å²) < 4.78 is 10.3. The molecule has 1 aromatic carbocycles. The third-order valence-corrected chi connectivity index (χ3v) is 3.48. The molecule has 6 heteroatoms. The van der Waals surface area contributed by atoms with Crippen LogP contribution in [0.4, 0.5) is 5.69 Å². The number of anilines is 1. The molecule has 0 radical (unpaired) electrons. The van der Waals surface area contributed by atoms with Gasteiger partial charge >= 0.3 is 0 Å². The molecule has 0 aliphatic carbocycles. The molecule has 1 unspecified atom stereocenters. The van der Waals surface area contributed by atoms with Crippen LogP contribution in [-0.2, 0) is 0 Å². The Morgan fingerprint density at radius 2 is 2.10 bits per heavy atom. The lowest BCUT2D eigenvalue weighted by molar-refractivity contribution is 0.0944. The van der Waals surface area contributed by atoms with E-state index in [2.05, 4.69) is 5.32 Å². The van der Waals surface area contributed by atoms with E-state index in [0.29, 0.717) is 30.0 Å². The summed E-state index contributed by atoms with van der Waals surface area (Å²) in [5.74, 6) is 0.879. The first-order valence-electron chi connectivity index (χ1n) is 6.97. The lowest BCUT2D eigenvalue weighted by Crippen LogP contribution is -2.30. The number of carbonyl (C=O) groups excluding carboxylic acids is 1. The molecule has 1 aromatic rings. The molecule has 0 aliphatic rings. The van der Waals surface area contributed by atoms with Crippen LogP contribution in [0.25, 0.3) is 0 Å². The van der Waals surface area contributed by atoms with Crippen molar-refractivity contribution in [2.45, 2.75) is 19.8 Å². The van der Waals surface area contributed by atoms with Crippen LogP contribution in [0.3, 0.4) is 0 Å². The fourth-order valence-corrected chi connectivity index (χ4v) is 2.04. The van der Waals surface area contributed by atoms with Gasteiger partial charge in [-0.1, -0.05) is 13.3 Å². The summed E-state index contributed by atoms with van der Waals surface area (Å²) >= 11 is 0. The lowest BCUT2D eigenvalue weighted by Gasteiger charge is -2.16. The Kier molecular flexibility index (Phi) is 6.81. The van der Waals surface area contributed by atoms with E-state index in [1.54, 1.807) is 12.1 Å². The van der Waals surface area contributed by atoms with Crippen molar-refractivity contribution in [3.05, 3.63) is 17.7 Å². The Hall–Kier alpha value is -1.95. The summed E-state index contributed by atoms with van der Waals surface area (Å²) in [4.78, 5) is 12.3. The van der Waals surface area contributed by atoms with Gasteiger partial charge in [-0.3, -0.25) is 4.79 Å². The predicted octanol–water partition coefficient (Wildman–Crippen LogP) is 1.42. The summed E-state index contributed by atoms with van der Waals surface area (Å²) in [6.45, 7) is 2.63. The molecular weight excluding hydrogens is 272 g/mol. The van der Waals surface area contributed by atoms with Crippen molar-refractivity contribution >= 4 is 11.6 Å². The van der Waals surface area contributed by atoms with Crippen molar-refractivity contribution in [1.82, 2.24) is 5.32 Å². The fourth-order valence-electron chi connectivity index (χ4n) is 2.04. The Morgan fingerprint density at radius 3 is 2.62 bits per heavy atom. The predicted molar refractivity (Wildman–Crippen MR) is 81.8 cm³/mol. The van der Waals surface area contributed by atoms with Crippen LogP contribution in [0.5, 0.6) is 11.5 Å². The highest BCUT2D eigenvalue weighted by Crippen LogP contribution is 2.30. The zero-order chi connectivity index (χ0) is 15.8. The van der Waals surface area contributed by atoms with Crippen molar-refractivity contribution < 1.29 is 19.4 Å². The molecule has 0 heterocycles. The fraction of sp³-hybridized carbons (Fsp3) is 0.533. The van der Waals surface area contributed by atoms with E-state index in [-0.39, 0.29) is 24.1 Å². The number of nitrogens with two attached hydrogens (primary N) is 1. The minimum absolute atomic E-state index is 0.115. The van der Waals surface area contributed by atoms with Crippen LogP contribution in [0.15, 0.2) is 12.1 Å². The van der Waals surface area contributed by atoms with Gasteiger partial charge in [0.25, 0.3) is 5.91 Å². The number of nitrogen functional groups attached to an aromatic ring is 1. The first kappa shape index (κ1) is 17.1. The van der Waals surface area contributed by atoms with E-state index in [4.69, 9.17) is 20.3 Å². The summed E-state index contributed by atoms with van der Waals surface area (Å²) in [6, 6.07) is 3.22. The highest BCUT2D eigenvalue weighted by atomic mass is 16.5. The summed E-state index contributed by atoms with van der Waals surface area (Å²) in [5, 5.41) is 11.8. The van der Waals surface area contributed by atoms with Gasteiger partial charge in [0.2, 0.25) is 0 Å². The third-order valence-electron chi connectivity index (χ3n) is 3.48. The van der Waals surface area contributed by atoms with Crippen LogP contribution in [0.2, 0.25) is 0 Å². The van der Waals surface area contributed by atoms with Gasteiger partial charge in [-0.15, -0.1) is 0 Å². The number of nitrogens with one attached hydrogen (secondary N) is 1. The highest BCUT2D eigenvalue weighted by molar-refractivity contribution is 6.00. The van der Waals surface area contributed by atoms with Crippen molar-refractivity contribution in [1.29, 1.82) is 0 Å². The van der Waals surface area contributed by atoms with Crippen molar-refractivity contribution in [3.63, 3.8) is 0 Å². The number of hydrogen-bond donors (Lipinski definition) is 3. The second-order valence-electron chi connectivity index (χ2n) is 4.79. The van der Waals surface area contributed by atoms with Gasteiger partial charge in [0.1, 0.15) is 11.5 Å². The molecule has 1 rings (SSSR count). The summed E-state index contributed by atoms with van der Waals surface area (Å²) in [5.41, 5.74) is 6.54. The SMILES string of the molecule is CCC(CCO)CNC(=O)c1cc(OC)cc(OC)c1N. The number of amides is 1. The maximum atomic E-state index is 12.3. The van der Waals surface area contributed by atoms with Gasteiger partial charge in [-0.25, -0.2) is 0 Å². The molecule has 4 N–H and O–H groups in total.